The highest BCUT2D eigenvalue weighted by molar-refractivity contribution is 7.88. The summed E-state index contributed by atoms with van der Waals surface area (Å²) in [5.41, 5.74) is 1.18. The van der Waals surface area contributed by atoms with Gasteiger partial charge in [-0.3, -0.25) is 0 Å². The standard InChI is InChI=1S/C14H18N2O3S/c1-11-9-16(7-6-14(11)17)20(18,19)10-13-4-2-12(8-15)3-5-13/h2-5,11,14,17H,6-7,9-10H2,1H3. The maximum Gasteiger partial charge on any atom is 0.218 e. The van der Waals surface area contributed by atoms with Crippen LogP contribution >= 0.6 is 0 Å². The number of rotatable bonds is 3. The molecule has 1 N–H and O–H groups in total. The SMILES string of the molecule is CC1CN(S(=O)(=O)Cc2ccc(C#N)cc2)CCC1O. The molecule has 0 amide bonds. The minimum Gasteiger partial charge on any atom is -0.393 e. The van der Waals surface area contributed by atoms with Gasteiger partial charge in [0.2, 0.25) is 10.0 Å². The Morgan fingerprint density at radius 3 is 2.60 bits per heavy atom. The molecule has 108 valence electrons. The van der Waals surface area contributed by atoms with Crippen LogP contribution in [-0.2, 0) is 15.8 Å². The third-order valence-corrected chi connectivity index (χ3v) is 5.46. The van der Waals surface area contributed by atoms with Gasteiger partial charge in [-0.1, -0.05) is 19.1 Å². The Balaban J connectivity index is 2.09. The van der Waals surface area contributed by atoms with Crippen molar-refractivity contribution in [2.75, 3.05) is 13.1 Å². The van der Waals surface area contributed by atoms with E-state index in [1.165, 1.54) is 4.31 Å². The fourth-order valence-electron chi connectivity index (χ4n) is 2.33. The molecule has 0 aliphatic carbocycles. The number of benzene rings is 1. The van der Waals surface area contributed by atoms with Crippen molar-refractivity contribution < 1.29 is 13.5 Å². The highest BCUT2D eigenvalue weighted by Gasteiger charge is 2.31. The molecule has 1 saturated heterocycles. The summed E-state index contributed by atoms with van der Waals surface area (Å²) < 4.78 is 26.1. The molecular weight excluding hydrogens is 276 g/mol. The van der Waals surface area contributed by atoms with E-state index in [-0.39, 0.29) is 11.7 Å². The van der Waals surface area contributed by atoms with Crippen LogP contribution in [0.15, 0.2) is 24.3 Å². The Kier molecular flexibility index (Phi) is 4.43. The average Bonchev–Trinajstić information content (AvgIpc) is 2.42. The minimum atomic E-state index is -3.37. The Labute approximate surface area is 119 Å². The molecule has 1 aromatic rings. The maximum atomic E-state index is 12.3. The molecule has 1 heterocycles. The summed E-state index contributed by atoms with van der Waals surface area (Å²) >= 11 is 0. The van der Waals surface area contributed by atoms with E-state index in [9.17, 15) is 13.5 Å². The number of hydrogen-bond donors (Lipinski definition) is 1. The quantitative estimate of drug-likeness (QED) is 0.905. The lowest BCUT2D eigenvalue weighted by Crippen LogP contribution is -2.45. The topological polar surface area (TPSA) is 81.4 Å². The largest absolute Gasteiger partial charge is 0.393 e. The van der Waals surface area contributed by atoms with Crippen LogP contribution < -0.4 is 0 Å². The summed E-state index contributed by atoms with van der Waals surface area (Å²) in [4.78, 5) is 0. The van der Waals surface area contributed by atoms with Gasteiger partial charge < -0.3 is 5.11 Å². The molecule has 6 heteroatoms. The Hall–Kier alpha value is -1.42. The maximum absolute atomic E-state index is 12.3. The second kappa shape index (κ2) is 5.92. The number of sulfonamides is 1. The molecule has 20 heavy (non-hydrogen) atoms. The van der Waals surface area contributed by atoms with Crippen LogP contribution in [0, 0.1) is 17.2 Å². The van der Waals surface area contributed by atoms with Crippen LogP contribution in [0.4, 0.5) is 0 Å². The van der Waals surface area contributed by atoms with Gasteiger partial charge in [-0.2, -0.15) is 5.26 Å². The Morgan fingerprint density at radius 1 is 1.40 bits per heavy atom. The first-order valence-corrected chi connectivity index (χ1v) is 8.18. The molecule has 0 aromatic heterocycles. The zero-order valence-corrected chi connectivity index (χ0v) is 12.2. The van der Waals surface area contributed by atoms with Crippen molar-refractivity contribution >= 4 is 10.0 Å². The first kappa shape index (κ1) is 15.0. The van der Waals surface area contributed by atoms with Crippen molar-refractivity contribution in [1.29, 1.82) is 5.26 Å². The number of nitrogens with zero attached hydrogens (tertiary/aromatic N) is 2. The third kappa shape index (κ3) is 3.37. The number of piperidine rings is 1. The second-order valence-electron chi connectivity index (χ2n) is 5.26. The normalized spacial score (nSPS) is 24.2. The summed E-state index contributed by atoms with van der Waals surface area (Å²) in [7, 11) is -3.37. The molecule has 1 aromatic carbocycles. The summed E-state index contributed by atoms with van der Waals surface area (Å²) in [5, 5.41) is 18.4. The summed E-state index contributed by atoms with van der Waals surface area (Å²) in [6, 6.07) is 8.57. The highest BCUT2D eigenvalue weighted by atomic mass is 32.2. The minimum absolute atomic E-state index is 0.0421. The first-order chi connectivity index (χ1) is 9.42. The molecule has 2 atom stereocenters. The predicted octanol–water partition coefficient (Wildman–Crippen LogP) is 1.09. The van der Waals surface area contributed by atoms with Gasteiger partial charge in [0.15, 0.2) is 0 Å². The van der Waals surface area contributed by atoms with Crippen molar-refractivity contribution in [2.24, 2.45) is 5.92 Å². The molecular formula is C14H18N2O3S. The smallest absolute Gasteiger partial charge is 0.218 e. The van der Waals surface area contributed by atoms with E-state index in [2.05, 4.69) is 0 Å². The van der Waals surface area contributed by atoms with Gasteiger partial charge in [0.1, 0.15) is 0 Å². The fraction of sp³-hybridized carbons (Fsp3) is 0.500. The highest BCUT2D eigenvalue weighted by Crippen LogP contribution is 2.21. The van der Waals surface area contributed by atoms with Crippen molar-refractivity contribution in [3.63, 3.8) is 0 Å². The molecule has 0 spiro atoms. The monoisotopic (exact) mass is 294 g/mol. The zero-order valence-electron chi connectivity index (χ0n) is 11.4. The molecule has 0 radical (unpaired) electrons. The molecule has 1 aliphatic heterocycles. The Bertz CT molecular complexity index is 604. The van der Waals surface area contributed by atoms with Gasteiger partial charge in [0.05, 0.1) is 23.5 Å². The number of nitriles is 1. The van der Waals surface area contributed by atoms with Gasteiger partial charge in [-0.15, -0.1) is 0 Å². The lowest BCUT2D eigenvalue weighted by Gasteiger charge is -2.33. The summed E-state index contributed by atoms with van der Waals surface area (Å²) in [6.07, 6.45) is 0.0599. The van der Waals surface area contributed by atoms with Crippen molar-refractivity contribution in [3.05, 3.63) is 35.4 Å². The lowest BCUT2D eigenvalue weighted by atomic mass is 9.99. The van der Waals surface area contributed by atoms with Crippen LogP contribution in [0.3, 0.4) is 0 Å². The van der Waals surface area contributed by atoms with Gasteiger partial charge in [0.25, 0.3) is 0 Å². The fourth-order valence-corrected chi connectivity index (χ4v) is 3.97. The molecule has 0 bridgehead atoms. The van der Waals surface area contributed by atoms with Crippen LogP contribution in [0.5, 0.6) is 0 Å². The van der Waals surface area contributed by atoms with Gasteiger partial charge >= 0.3 is 0 Å². The lowest BCUT2D eigenvalue weighted by molar-refractivity contribution is 0.0628. The third-order valence-electron chi connectivity index (χ3n) is 3.65. The van der Waals surface area contributed by atoms with E-state index in [1.807, 2.05) is 13.0 Å². The van der Waals surface area contributed by atoms with Gasteiger partial charge in [-0.05, 0) is 30.0 Å². The number of aliphatic hydroxyl groups is 1. The van der Waals surface area contributed by atoms with E-state index in [4.69, 9.17) is 5.26 Å². The first-order valence-electron chi connectivity index (χ1n) is 6.57. The van der Waals surface area contributed by atoms with Crippen molar-refractivity contribution in [3.8, 4) is 6.07 Å². The summed E-state index contributed by atoms with van der Waals surface area (Å²) in [5.74, 6) is -0.110. The van der Waals surface area contributed by atoms with Gasteiger partial charge in [-0.25, -0.2) is 12.7 Å². The number of aliphatic hydroxyl groups excluding tert-OH is 1. The van der Waals surface area contributed by atoms with Gasteiger partial charge in [0, 0.05) is 13.1 Å². The van der Waals surface area contributed by atoms with Crippen molar-refractivity contribution in [2.45, 2.75) is 25.2 Å². The molecule has 0 saturated carbocycles. The van der Waals surface area contributed by atoms with E-state index in [0.717, 1.165) is 0 Å². The van der Waals surface area contributed by atoms with E-state index < -0.39 is 16.1 Å². The van der Waals surface area contributed by atoms with Crippen LogP contribution in [0.25, 0.3) is 0 Å². The predicted molar refractivity (Wildman–Crippen MR) is 75.1 cm³/mol. The summed E-state index contributed by atoms with van der Waals surface area (Å²) in [6.45, 7) is 2.58. The van der Waals surface area contributed by atoms with E-state index in [0.29, 0.717) is 30.6 Å². The van der Waals surface area contributed by atoms with E-state index in [1.54, 1.807) is 24.3 Å². The molecule has 1 aliphatic rings. The van der Waals surface area contributed by atoms with Crippen LogP contribution in [-0.4, -0.2) is 37.0 Å². The van der Waals surface area contributed by atoms with Crippen molar-refractivity contribution in [1.82, 2.24) is 4.31 Å². The number of hydrogen-bond acceptors (Lipinski definition) is 4. The molecule has 1 fully saturated rings. The second-order valence-corrected chi connectivity index (χ2v) is 7.23. The van der Waals surface area contributed by atoms with Crippen LogP contribution in [0.2, 0.25) is 0 Å². The molecule has 5 nitrogen and oxygen atoms in total. The van der Waals surface area contributed by atoms with E-state index >= 15 is 0 Å². The zero-order chi connectivity index (χ0) is 14.8. The van der Waals surface area contributed by atoms with Crippen LogP contribution in [0.1, 0.15) is 24.5 Å². The average molecular weight is 294 g/mol. The Morgan fingerprint density at radius 2 is 2.05 bits per heavy atom. The molecule has 2 unspecified atom stereocenters. The molecule has 2 rings (SSSR count).